The molecule has 0 saturated carbocycles. The van der Waals surface area contributed by atoms with Crippen molar-refractivity contribution in [2.75, 3.05) is 0 Å². The molecule has 3 atom stereocenters. The van der Waals surface area contributed by atoms with Crippen LogP contribution in [-0.4, -0.2) is 22.4 Å². The first-order valence-electron chi connectivity index (χ1n) is 17.9. The van der Waals surface area contributed by atoms with E-state index in [1.54, 1.807) is 36.5 Å². The van der Waals surface area contributed by atoms with Crippen LogP contribution in [0.25, 0.3) is 0 Å². The number of aliphatic hydroxyl groups excluding tert-OH is 2. The fourth-order valence-electron chi connectivity index (χ4n) is 5.95. The highest BCUT2D eigenvalue weighted by Crippen LogP contribution is 2.42. The van der Waals surface area contributed by atoms with Gasteiger partial charge in [0.25, 0.3) is 0 Å². The minimum absolute atomic E-state index is 0.0685. The van der Waals surface area contributed by atoms with E-state index >= 15 is 0 Å². The van der Waals surface area contributed by atoms with E-state index in [4.69, 9.17) is 8.22 Å². The average molecular weight is 575 g/mol. The van der Waals surface area contributed by atoms with Gasteiger partial charge in [-0.3, -0.25) is 0 Å². The number of allylic oxidation sites excluding steroid dienone is 20. The molecule has 0 heterocycles. The molecular weight excluding hydrogens is 512 g/mol. The predicted molar refractivity (Wildman–Crippen MR) is 184 cm³/mol. The van der Waals surface area contributed by atoms with Gasteiger partial charge in [-0.1, -0.05) is 152 Å². The first-order chi connectivity index (χ1) is 22.0. The molecule has 2 rings (SSSR count). The second-order valence-corrected chi connectivity index (χ2v) is 13.1. The quantitative estimate of drug-likeness (QED) is 0.201. The Hall–Kier alpha value is -2.94. The summed E-state index contributed by atoms with van der Waals surface area (Å²) in [5, 5.41) is 20.2. The van der Waals surface area contributed by atoms with E-state index in [1.165, 1.54) is 23.3 Å². The molecule has 0 saturated heterocycles. The Labute approximate surface area is 265 Å². The van der Waals surface area contributed by atoms with Gasteiger partial charge in [-0.05, 0) is 77.1 Å². The second-order valence-electron chi connectivity index (χ2n) is 13.1. The normalized spacial score (nSPS) is 29.3. The largest absolute Gasteiger partial charge is 0.393 e. The van der Waals surface area contributed by atoms with E-state index in [-0.39, 0.29) is 34.0 Å². The van der Waals surface area contributed by atoms with Crippen molar-refractivity contribution in [3.05, 3.63) is 130 Å². The Morgan fingerprint density at radius 3 is 1.86 bits per heavy atom. The molecule has 3 unspecified atom stereocenters. The molecular formula is C40H56O2. The van der Waals surface area contributed by atoms with Gasteiger partial charge in [0, 0.05) is 14.1 Å². The molecule has 2 nitrogen and oxygen atoms in total. The van der Waals surface area contributed by atoms with E-state index < -0.39 is 19.8 Å². The molecule has 0 spiro atoms. The summed E-state index contributed by atoms with van der Waals surface area (Å²) >= 11 is 0. The number of aliphatic hydroxyl groups is 2. The van der Waals surface area contributed by atoms with Gasteiger partial charge in [0.15, 0.2) is 0 Å². The highest BCUT2D eigenvalue weighted by molar-refractivity contribution is 5.38. The molecule has 0 aromatic heterocycles. The van der Waals surface area contributed by atoms with Gasteiger partial charge in [-0.15, -0.1) is 0 Å². The molecule has 2 heteroatoms. The Balaban J connectivity index is 2.19. The molecule has 0 radical (unpaired) electrons. The third-order valence-corrected chi connectivity index (χ3v) is 8.00. The molecule has 0 fully saturated rings. The van der Waals surface area contributed by atoms with E-state index in [9.17, 15) is 10.2 Å². The lowest BCUT2D eigenvalue weighted by Gasteiger charge is -2.38. The SMILES string of the molecule is [2H]C([2H])([2H])C(C=CC=C(C)C=CC1=C(C)CC(O)CC1(C)C)=CC=CC=C(C=CC=C(C)C=CC1C(C)=CC(O)CC1(C)C)C([2H])([2H])[2H]. The minimum atomic E-state index is -2.35. The van der Waals surface area contributed by atoms with Crippen molar-refractivity contribution in [3.63, 3.8) is 0 Å². The van der Waals surface area contributed by atoms with Crippen LogP contribution in [0.15, 0.2) is 130 Å². The summed E-state index contributed by atoms with van der Waals surface area (Å²) in [5.74, 6) is 0.202. The molecule has 0 amide bonds. The molecule has 2 aliphatic rings. The summed E-state index contributed by atoms with van der Waals surface area (Å²) < 4.78 is 47.6. The van der Waals surface area contributed by atoms with Crippen LogP contribution in [0.2, 0.25) is 0 Å². The van der Waals surface area contributed by atoms with Crippen LogP contribution in [0.5, 0.6) is 0 Å². The number of hydrogen-bond acceptors (Lipinski definition) is 2. The molecule has 2 N–H and O–H groups in total. The first-order valence-corrected chi connectivity index (χ1v) is 14.9. The Morgan fingerprint density at radius 1 is 0.786 bits per heavy atom. The summed E-state index contributed by atoms with van der Waals surface area (Å²) in [6.45, 7) is 11.9. The second kappa shape index (κ2) is 16.1. The van der Waals surface area contributed by atoms with Crippen molar-refractivity contribution in [3.8, 4) is 0 Å². The van der Waals surface area contributed by atoms with Crippen LogP contribution in [0.4, 0.5) is 0 Å². The van der Waals surface area contributed by atoms with Crippen molar-refractivity contribution in [2.45, 2.75) is 101 Å². The summed E-state index contributed by atoms with van der Waals surface area (Å²) in [4.78, 5) is 0. The number of rotatable bonds is 10. The highest BCUT2D eigenvalue weighted by atomic mass is 16.3. The summed E-state index contributed by atoms with van der Waals surface area (Å²) in [6, 6.07) is 0. The van der Waals surface area contributed by atoms with Gasteiger partial charge < -0.3 is 10.2 Å². The first kappa shape index (κ1) is 26.7. The summed E-state index contributed by atoms with van der Waals surface area (Å²) in [6.07, 6.45) is 27.7. The monoisotopic (exact) mass is 574 g/mol. The van der Waals surface area contributed by atoms with Crippen molar-refractivity contribution in [2.24, 2.45) is 16.7 Å². The molecule has 2 aliphatic carbocycles. The zero-order chi connectivity index (χ0) is 36.5. The topological polar surface area (TPSA) is 40.5 Å². The molecule has 42 heavy (non-hydrogen) atoms. The van der Waals surface area contributed by atoms with Crippen LogP contribution in [0, 0.1) is 16.7 Å². The Kier molecular flexibility index (Phi) is 10.2. The maximum Gasteiger partial charge on any atom is 0.0729 e. The maximum atomic E-state index is 10.1. The lowest BCUT2D eigenvalue weighted by molar-refractivity contribution is 0.116. The van der Waals surface area contributed by atoms with Gasteiger partial charge in [-0.2, -0.15) is 0 Å². The zero-order valence-corrected chi connectivity index (χ0v) is 26.9. The fourth-order valence-corrected chi connectivity index (χ4v) is 5.95. The van der Waals surface area contributed by atoms with Crippen LogP contribution in [-0.2, 0) is 0 Å². The Bertz CT molecular complexity index is 1480. The molecule has 0 aliphatic heterocycles. The molecule has 0 bridgehead atoms. The third kappa shape index (κ3) is 11.7. The van der Waals surface area contributed by atoms with Crippen LogP contribution in [0.1, 0.15) is 96.6 Å². The van der Waals surface area contributed by atoms with Gasteiger partial charge in [0.05, 0.1) is 12.2 Å². The molecule has 0 aromatic carbocycles. The number of hydrogen-bond donors (Lipinski definition) is 2. The van der Waals surface area contributed by atoms with E-state index in [1.807, 2.05) is 51.2 Å². The maximum absolute atomic E-state index is 10.1. The van der Waals surface area contributed by atoms with Crippen molar-refractivity contribution < 1.29 is 18.4 Å². The van der Waals surface area contributed by atoms with Crippen LogP contribution in [0.3, 0.4) is 0 Å². The van der Waals surface area contributed by atoms with Gasteiger partial charge in [-0.25, -0.2) is 0 Å². The fraction of sp³-hybridized carbons (Fsp3) is 0.450. The van der Waals surface area contributed by atoms with Gasteiger partial charge >= 0.3 is 0 Å². The average Bonchev–Trinajstić information content (AvgIpc) is 2.89. The third-order valence-electron chi connectivity index (χ3n) is 8.00. The van der Waals surface area contributed by atoms with Gasteiger partial charge in [0.1, 0.15) is 0 Å². The molecule has 228 valence electrons. The minimum Gasteiger partial charge on any atom is -0.393 e. The lowest BCUT2D eigenvalue weighted by atomic mass is 9.67. The summed E-state index contributed by atoms with van der Waals surface area (Å²) in [5.41, 5.74) is 5.50. The highest BCUT2D eigenvalue weighted by Gasteiger charge is 2.34. The van der Waals surface area contributed by atoms with E-state index in [0.717, 1.165) is 16.7 Å². The van der Waals surface area contributed by atoms with E-state index in [0.29, 0.717) is 19.3 Å². The van der Waals surface area contributed by atoms with Crippen molar-refractivity contribution >= 4 is 0 Å². The standard InChI is InChI=1S/C40H56O2/c1-29(17-13-19-31(3)21-23-37-33(5)25-35(41)27-39(37,7)8)15-11-12-16-30(2)18-14-20-32(4)22-24-38-34(6)26-36(42)28-40(38,9)10/h11-25,35-37,41-42H,26-28H2,1-10H3/i1D3,2D3. The lowest BCUT2D eigenvalue weighted by Crippen LogP contribution is -2.32. The van der Waals surface area contributed by atoms with Crippen LogP contribution < -0.4 is 0 Å². The zero-order valence-electron chi connectivity index (χ0n) is 32.9. The summed E-state index contributed by atoms with van der Waals surface area (Å²) in [7, 11) is 0. The predicted octanol–water partition coefficient (Wildman–Crippen LogP) is 10.4. The Morgan fingerprint density at radius 2 is 1.33 bits per heavy atom. The van der Waals surface area contributed by atoms with Crippen LogP contribution >= 0.6 is 0 Å². The van der Waals surface area contributed by atoms with Crippen molar-refractivity contribution in [1.82, 2.24) is 0 Å². The van der Waals surface area contributed by atoms with E-state index in [2.05, 4.69) is 46.8 Å². The molecule has 0 aromatic rings. The van der Waals surface area contributed by atoms with Gasteiger partial charge in [0.2, 0.25) is 0 Å². The smallest absolute Gasteiger partial charge is 0.0729 e. The van der Waals surface area contributed by atoms with Crippen molar-refractivity contribution in [1.29, 1.82) is 0 Å².